The molecule has 0 saturated carbocycles. The minimum atomic E-state index is 0. The second kappa shape index (κ2) is 3.72. The summed E-state index contributed by atoms with van der Waals surface area (Å²) in [6.45, 7) is 0. The summed E-state index contributed by atoms with van der Waals surface area (Å²) in [6.07, 6.45) is 2.31. The van der Waals surface area contributed by atoms with Crippen LogP contribution >= 0.6 is 0 Å². The summed E-state index contributed by atoms with van der Waals surface area (Å²) in [5, 5.41) is 0. The van der Waals surface area contributed by atoms with Crippen LogP contribution in [0.5, 0.6) is 0 Å². The van der Waals surface area contributed by atoms with Gasteiger partial charge in [0, 0.05) is 6.20 Å². The Morgan fingerprint density at radius 3 is 2.56 bits per heavy atom. The van der Waals surface area contributed by atoms with Crippen LogP contribution in [0.3, 0.4) is 0 Å². The van der Waals surface area contributed by atoms with E-state index in [-0.39, 0.29) is 4.70 Å². The van der Waals surface area contributed by atoms with Crippen LogP contribution in [0.15, 0.2) is 24.4 Å². The standard InChI is InChI=1S/C6H5NO.FH/c8-5-6-3-1-2-4-7-6;/h1-5H;1H. The minimum absolute atomic E-state index is 0. The van der Waals surface area contributed by atoms with E-state index < -0.39 is 0 Å². The maximum Gasteiger partial charge on any atom is 0.168 e. The summed E-state index contributed by atoms with van der Waals surface area (Å²) < 4.78 is 0. The van der Waals surface area contributed by atoms with Crippen LogP contribution in [0.1, 0.15) is 10.5 Å². The van der Waals surface area contributed by atoms with Crippen LogP contribution in [0.25, 0.3) is 0 Å². The summed E-state index contributed by atoms with van der Waals surface area (Å²) in [5.74, 6) is 0. The summed E-state index contributed by atoms with van der Waals surface area (Å²) in [4.78, 5) is 13.7. The maximum absolute atomic E-state index is 9.94. The number of pyridine rings is 1. The normalized spacial score (nSPS) is 7.56. The molecule has 1 aromatic rings. The zero-order chi connectivity index (χ0) is 5.82. The fourth-order valence-corrected chi connectivity index (χ4v) is 0.446. The molecule has 0 spiro atoms. The molecule has 0 bridgehead atoms. The van der Waals surface area contributed by atoms with Gasteiger partial charge >= 0.3 is 0 Å². The average Bonchev–Trinajstić information content (AvgIpc) is 1.90. The maximum atomic E-state index is 9.94. The third kappa shape index (κ3) is 1.99. The first-order chi connectivity index (χ1) is 3.93. The van der Waals surface area contributed by atoms with E-state index in [4.69, 9.17) is 0 Å². The average molecular weight is 127 g/mol. The molecule has 1 aromatic heterocycles. The molecule has 2 nitrogen and oxygen atoms in total. The van der Waals surface area contributed by atoms with Crippen LogP contribution in [0.4, 0.5) is 4.70 Å². The Kier molecular flexibility index (Phi) is 3.20. The highest BCUT2D eigenvalue weighted by Crippen LogP contribution is 1.85. The van der Waals surface area contributed by atoms with Crippen molar-refractivity contribution in [2.24, 2.45) is 0 Å². The van der Waals surface area contributed by atoms with Gasteiger partial charge in [-0.3, -0.25) is 14.5 Å². The number of carbonyl (C=O) groups is 1. The van der Waals surface area contributed by atoms with Crippen molar-refractivity contribution in [2.75, 3.05) is 0 Å². The van der Waals surface area contributed by atoms with Crippen molar-refractivity contribution in [3.63, 3.8) is 0 Å². The fraction of sp³-hybridized carbons (Fsp3) is 0. The van der Waals surface area contributed by atoms with Gasteiger partial charge in [0.05, 0.1) is 0 Å². The van der Waals surface area contributed by atoms with Gasteiger partial charge in [0.2, 0.25) is 0 Å². The van der Waals surface area contributed by atoms with Crippen LogP contribution in [-0.2, 0) is 0 Å². The molecular formula is C6H6FNO. The molecule has 0 fully saturated rings. The Morgan fingerprint density at radius 1 is 1.44 bits per heavy atom. The lowest BCUT2D eigenvalue weighted by Crippen LogP contribution is -1.80. The summed E-state index contributed by atoms with van der Waals surface area (Å²) >= 11 is 0. The number of hydrogen-bond acceptors (Lipinski definition) is 2. The van der Waals surface area contributed by atoms with Crippen molar-refractivity contribution in [3.8, 4) is 0 Å². The number of rotatable bonds is 1. The number of carbonyl (C=O) groups excluding carboxylic acids is 1. The summed E-state index contributed by atoms with van der Waals surface area (Å²) in [7, 11) is 0. The first kappa shape index (κ1) is 7.75. The van der Waals surface area contributed by atoms with E-state index in [2.05, 4.69) is 4.98 Å². The van der Waals surface area contributed by atoms with Crippen LogP contribution in [0, 0.1) is 0 Å². The lowest BCUT2D eigenvalue weighted by molar-refractivity contribution is 0.111. The van der Waals surface area contributed by atoms with Gasteiger partial charge < -0.3 is 0 Å². The molecule has 3 heteroatoms. The Hall–Kier alpha value is -1.25. The number of hydrogen-bond donors (Lipinski definition) is 0. The lowest BCUT2D eigenvalue weighted by atomic mass is 10.4. The Morgan fingerprint density at radius 2 is 2.22 bits per heavy atom. The second-order valence-corrected chi connectivity index (χ2v) is 1.37. The first-order valence-corrected chi connectivity index (χ1v) is 2.29. The van der Waals surface area contributed by atoms with E-state index in [1.54, 1.807) is 24.4 Å². The van der Waals surface area contributed by atoms with Crippen LogP contribution in [-0.4, -0.2) is 11.3 Å². The molecule has 0 atom stereocenters. The Bertz CT molecular complexity index is 176. The quantitative estimate of drug-likeness (QED) is 0.528. The van der Waals surface area contributed by atoms with Crippen molar-refractivity contribution in [1.29, 1.82) is 0 Å². The number of nitrogens with zero attached hydrogens (tertiary/aromatic N) is 1. The molecular weight excluding hydrogens is 121 g/mol. The van der Waals surface area contributed by atoms with Crippen molar-refractivity contribution in [2.45, 2.75) is 0 Å². The third-order valence-corrected chi connectivity index (χ3v) is 0.809. The molecule has 0 aliphatic rings. The monoisotopic (exact) mass is 127 g/mol. The van der Waals surface area contributed by atoms with Gasteiger partial charge in [-0.25, -0.2) is 0 Å². The molecule has 0 aliphatic carbocycles. The first-order valence-electron chi connectivity index (χ1n) is 2.29. The van der Waals surface area contributed by atoms with E-state index >= 15 is 0 Å². The third-order valence-electron chi connectivity index (χ3n) is 0.809. The molecule has 0 unspecified atom stereocenters. The molecule has 48 valence electrons. The highest BCUT2D eigenvalue weighted by Gasteiger charge is 1.81. The van der Waals surface area contributed by atoms with Crippen molar-refractivity contribution in [1.82, 2.24) is 4.98 Å². The van der Waals surface area contributed by atoms with Gasteiger partial charge in [0.1, 0.15) is 5.69 Å². The van der Waals surface area contributed by atoms with Gasteiger partial charge in [-0.15, -0.1) is 0 Å². The lowest BCUT2D eigenvalue weighted by Gasteiger charge is -1.81. The van der Waals surface area contributed by atoms with Crippen molar-refractivity contribution in [3.05, 3.63) is 30.1 Å². The van der Waals surface area contributed by atoms with Gasteiger partial charge in [-0.2, -0.15) is 0 Å². The van der Waals surface area contributed by atoms with Crippen LogP contribution in [0.2, 0.25) is 0 Å². The SMILES string of the molecule is F.O=Cc1ccccn1. The molecule has 0 saturated heterocycles. The highest BCUT2D eigenvalue weighted by molar-refractivity contribution is 5.71. The minimum Gasteiger partial charge on any atom is -0.296 e. The highest BCUT2D eigenvalue weighted by atomic mass is 19.0. The molecule has 0 aromatic carbocycles. The molecule has 1 heterocycles. The number of aromatic nitrogens is 1. The summed E-state index contributed by atoms with van der Waals surface area (Å²) in [6, 6.07) is 5.21. The van der Waals surface area contributed by atoms with Gasteiger partial charge in [-0.1, -0.05) is 6.07 Å². The Balaban J connectivity index is 0.000000640. The van der Waals surface area contributed by atoms with Gasteiger partial charge in [0.15, 0.2) is 6.29 Å². The molecule has 1 rings (SSSR count). The Labute approximate surface area is 51.9 Å². The number of halogens is 1. The van der Waals surface area contributed by atoms with E-state index in [1.165, 1.54) is 0 Å². The fourth-order valence-electron chi connectivity index (χ4n) is 0.446. The predicted octanol–water partition coefficient (Wildman–Crippen LogP) is 1.05. The zero-order valence-electron chi connectivity index (χ0n) is 4.65. The smallest absolute Gasteiger partial charge is 0.168 e. The molecule has 0 aliphatic heterocycles. The van der Waals surface area contributed by atoms with Crippen molar-refractivity contribution >= 4 is 6.29 Å². The molecule has 0 amide bonds. The molecule has 9 heavy (non-hydrogen) atoms. The topological polar surface area (TPSA) is 30.0 Å². The molecule has 0 radical (unpaired) electrons. The second-order valence-electron chi connectivity index (χ2n) is 1.37. The van der Waals surface area contributed by atoms with E-state index in [0.29, 0.717) is 5.69 Å². The van der Waals surface area contributed by atoms with Crippen molar-refractivity contribution < 1.29 is 9.50 Å². The number of aldehydes is 1. The summed E-state index contributed by atoms with van der Waals surface area (Å²) in [5.41, 5.74) is 0.479. The van der Waals surface area contributed by atoms with E-state index in [9.17, 15) is 4.79 Å². The van der Waals surface area contributed by atoms with E-state index in [0.717, 1.165) is 6.29 Å². The van der Waals surface area contributed by atoms with E-state index in [1.807, 2.05) is 0 Å². The van der Waals surface area contributed by atoms with Gasteiger partial charge in [0.25, 0.3) is 0 Å². The van der Waals surface area contributed by atoms with Gasteiger partial charge in [-0.05, 0) is 12.1 Å². The largest absolute Gasteiger partial charge is 0.296 e. The van der Waals surface area contributed by atoms with Crippen LogP contribution < -0.4 is 0 Å². The molecule has 0 N–H and O–H groups in total. The predicted molar refractivity (Wildman–Crippen MR) is 32.1 cm³/mol. The zero-order valence-corrected chi connectivity index (χ0v) is 4.65.